The first-order valence-corrected chi connectivity index (χ1v) is 6.12. The van der Waals surface area contributed by atoms with Gasteiger partial charge in [-0.05, 0) is 46.4 Å². The Morgan fingerprint density at radius 1 is 1.00 bits per heavy atom. The first kappa shape index (κ1) is 12.4. The summed E-state index contributed by atoms with van der Waals surface area (Å²) < 4.78 is 27.4. The van der Waals surface area contributed by atoms with Crippen LogP contribution in [0.25, 0.3) is 0 Å². The molecule has 1 nitrogen and oxygen atoms in total. The van der Waals surface area contributed by atoms with Gasteiger partial charge in [-0.1, -0.05) is 18.2 Å². The second-order valence-corrected chi connectivity index (χ2v) is 4.94. The molecule has 0 aliphatic rings. The molecule has 0 fully saturated rings. The molecule has 0 aromatic heterocycles. The van der Waals surface area contributed by atoms with E-state index in [4.69, 9.17) is 5.73 Å². The molecule has 2 rings (SSSR count). The highest BCUT2D eigenvalue weighted by Gasteiger charge is 2.13. The first-order valence-electron chi connectivity index (χ1n) is 5.04. The number of rotatable bonds is 2. The Balaban J connectivity index is 2.36. The Kier molecular flexibility index (Phi) is 3.73. The van der Waals surface area contributed by atoms with Crippen molar-refractivity contribution in [3.63, 3.8) is 0 Å². The highest BCUT2D eigenvalue weighted by atomic mass is 127. The topological polar surface area (TPSA) is 26.0 Å². The number of halogens is 3. The fraction of sp³-hybridized carbons (Fsp3) is 0.0769. The molecule has 2 aromatic carbocycles. The van der Waals surface area contributed by atoms with Crippen LogP contribution in [0.1, 0.15) is 17.2 Å². The van der Waals surface area contributed by atoms with Gasteiger partial charge in [0.05, 0.1) is 6.04 Å². The van der Waals surface area contributed by atoms with E-state index in [1.807, 2.05) is 24.3 Å². The van der Waals surface area contributed by atoms with E-state index in [0.717, 1.165) is 15.2 Å². The van der Waals surface area contributed by atoms with Crippen molar-refractivity contribution in [3.05, 3.63) is 68.8 Å². The quantitative estimate of drug-likeness (QED) is 0.827. The SMILES string of the molecule is NC(c1ccc(I)cc1)c1ccc(F)cc1F. The molecular weight excluding hydrogens is 335 g/mol. The van der Waals surface area contributed by atoms with E-state index < -0.39 is 17.7 Å². The molecule has 1 atom stereocenters. The Hall–Kier alpha value is -1.01. The summed E-state index contributed by atoms with van der Waals surface area (Å²) in [7, 11) is 0. The standard InChI is InChI=1S/C13H10F2IN/c14-9-3-6-11(12(15)7-9)13(17)8-1-4-10(16)5-2-8/h1-7,13H,17H2. The molecule has 88 valence electrons. The lowest BCUT2D eigenvalue weighted by atomic mass is 9.99. The van der Waals surface area contributed by atoms with Crippen molar-refractivity contribution < 1.29 is 8.78 Å². The van der Waals surface area contributed by atoms with Gasteiger partial charge in [-0.15, -0.1) is 0 Å². The van der Waals surface area contributed by atoms with Gasteiger partial charge < -0.3 is 5.73 Å². The molecule has 2 aromatic rings. The van der Waals surface area contributed by atoms with Gasteiger partial charge >= 0.3 is 0 Å². The zero-order chi connectivity index (χ0) is 12.4. The zero-order valence-corrected chi connectivity index (χ0v) is 11.0. The Morgan fingerprint density at radius 3 is 2.24 bits per heavy atom. The monoisotopic (exact) mass is 345 g/mol. The molecule has 0 radical (unpaired) electrons. The van der Waals surface area contributed by atoms with Gasteiger partial charge in [0.25, 0.3) is 0 Å². The van der Waals surface area contributed by atoms with E-state index in [1.165, 1.54) is 12.1 Å². The van der Waals surface area contributed by atoms with Crippen molar-refractivity contribution in [3.8, 4) is 0 Å². The van der Waals surface area contributed by atoms with Crippen LogP contribution in [0.3, 0.4) is 0 Å². The van der Waals surface area contributed by atoms with Gasteiger partial charge in [0.1, 0.15) is 11.6 Å². The van der Waals surface area contributed by atoms with E-state index in [-0.39, 0.29) is 0 Å². The lowest BCUT2D eigenvalue weighted by molar-refractivity contribution is 0.566. The van der Waals surface area contributed by atoms with Crippen molar-refractivity contribution in [1.82, 2.24) is 0 Å². The minimum atomic E-state index is -0.615. The Labute approximate surface area is 112 Å². The summed E-state index contributed by atoms with van der Waals surface area (Å²) in [6.45, 7) is 0. The molecule has 0 saturated carbocycles. The predicted molar refractivity (Wildman–Crippen MR) is 71.5 cm³/mol. The average molecular weight is 345 g/mol. The largest absolute Gasteiger partial charge is 0.320 e. The Morgan fingerprint density at radius 2 is 1.65 bits per heavy atom. The van der Waals surface area contributed by atoms with E-state index >= 15 is 0 Å². The van der Waals surface area contributed by atoms with Crippen LogP contribution in [0.15, 0.2) is 42.5 Å². The molecule has 0 heterocycles. The van der Waals surface area contributed by atoms with Crippen LogP contribution in [0.4, 0.5) is 8.78 Å². The molecule has 2 N–H and O–H groups in total. The van der Waals surface area contributed by atoms with Crippen molar-refractivity contribution in [2.24, 2.45) is 5.73 Å². The highest BCUT2D eigenvalue weighted by molar-refractivity contribution is 14.1. The third kappa shape index (κ3) is 2.81. The van der Waals surface area contributed by atoms with Crippen molar-refractivity contribution >= 4 is 22.6 Å². The molecule has 0 aliphatic carbocycles. The fourth-order valence-corrected chi connectivity index (χ4v) is 1.96. The van der Waals surface area contributed by atoms with Crippen LogP contribution in [0.2, 0.25) is 0 Å². The molecule has 4 heteroatoms. The van der Waals surface area contributed by atoms with Gasteiger partial charge in [-0.2, -0.15) is 0 Å². The second-order valence-electron chi connectivity index (χ2n) is 3.70. The summed E-state index contributed by atoms with van der Waals surface area (Å²) in [5.74, 6) is -1.21. The highest BCUT2D eigenvalue weighted by Crippen LogP contribution is 2.23. The molecular formula is C13H10F2IN. The summed E-state index contributed by atoms with van der Waals surface area (Å²) in [5.41, 5.74) is 7.05. The number of nitrogens with two attached hydrogens (primary N) is 1. The van der Waals surface area contributed by atoms with Crippen LogP contribution in [0, 0.1) is 15.2 Å². The molecule has 0 amide bonds. The maximum absolute atomic E-state index is 13.5. The predicted octanol–water partition coefficient (Wildman–Crippen LogP) is 3.62. The molecule has 0 aliphatic heterocycles. The number of hydrogen-bond acceptors (Lipinski definition) is 1. The third-order valence-electron chi connectivity index (χ3n) is 2.53. The molecule has 17 heavy (non-hydrogen) atoms. The van der Waals surface area contributed by atoms with Crippen molar-refractivity contribution in [1.29, 1.82) is 0 Å². The third-order valence-corrected chi connectivity index (χ3v) is 3.25. The van der Waals surface area contributed by atoms with E-state index in [0.29, 0.717) is 5.56 Å². The molecule has 0 saturated heterocycles. The zero-order valence-electron chi connectivity index (χ0n) is 8.83. The van der Waals surface area contributed by atoms with Gasteiger partial charge in [-0.3, -0.25) is 0 Å². The van der Waals surface area contributed by atoms with Gasteiger partial charge in [-0.25, -0.2) is 8.78 Å². The average Bonchev–Trinajstić information content (AvgIpc) is 2.29. The first-order chi connectivity index (χ1) is 8.08. The van der Waals surface area contributed by atoms with E-state index in [9.17, 15) is 8.78 Å². The normalized spacial score (nSPS) is 12.5. The van der Waals surface area contributed by atoms with Crippen LogP contribution in [-0.2, 0) is 0 Å². The van der Waals surface area contributed by atoms with E-state index in [1.54, 1.807) is 0 Å². The van der Waals surface area contributed by atoms with Gasteiger partial charge in [0, 0.05) is 15.2 Å². The Bertz CT molecular complexity index is 525. The maximum atomic E-state index is 13.5. The minimum Gasteiger partial charge on any atom is -0.320 e. The van der Waals surface area contributed by atoms with Gasteiger partial charge in [0.15, 0.2) is 0 Å². The van der Waals surface area contributed by atoms with E-state index in [2.05, 4.69) is 22.6 Å². The second kappa shape index (κ2) is 5.10. The van der Waals surface area contributed by atoms with Crippen LogP contribution >= 0.6 is 22.6 Å². The lowest BCUT2D eigenvalue weighted by Crippen LogP contribution is -2.13. The lowest BCUT2D eigenvalue weighted by Gasteiger charge is -2.13. The fourth-order valence-electron chi connectivity index (χ4n) is 1.60. The smallest absolute Gasteiger partial charge is 0.131 e. The molecule has 0 spiro atoms. The summed E-state index contributed by atoms with van der Waals surface area (Å²) in [4.78, 5) is 0. The summed E-state index contributed by atoms with van der Waals surface area (Å²) in [6, 6.07) is 10.4. The van der Waals surface area contributed by atoms with Crippen LogP contribution in [-0.4, -0.2) is 0 Å². The number of benzene rings is 2. The summed E-state index contributed by atoms with van der Waals surface area (Å²) in [6.07, 6.45) is 0. The molecule has 1 unspecified atom stereocenters. The minimum absolute atomic E-state index is 0.299. The van der Waals surface area contributed by atoms with Crippen LogP contribution < -0.4 is 5.73 Å². The summed E-state index contributed by atoms with van der Waals surface area (Å²) >= 11 is 2.18. The van der Waals surface area contributed by atoms with Crippen molar-refractivity contribution in [2.75, 3.05) is 0 Å². The number of hydrogen-bond donors (Lipinski definition) is 1. The van der Waals surface area contributed by atoms with Crippen molar-refractivity contribution in [2.45, 2.75) is 6.04 Å². The van der Waals surface area contributed by atoms with Crippen LogP contribution in [0.5, 0.6) is 0 Å². The van der Waals surface area contributed by atoms with Gasteiger partial charge in [0.2, 0.25) is 0 Å². The molecule has 0 bridgehead atoms. The summed E-state index contributed by atoms with van der Waals surface area (Å²) in [5, 5.41) is 0. The maximum Gasteiger partial charge on any atom is 0.131 e.